The Morgan fingerprint density at radius 1 is 0.841 bits per heavy atom. The maximum atomic E-state index is 6.07. The third kappa shape index (κ3) is 8.87. The lowest BCUT2D eigenvalue weighted by atomic mass is 10.1. The first kappa shape index (κ1) is 32.1. The average Bonchev–Trinajstić information content (AvgIpc) is 3.52. The molecule has 0 amide bonds. The molecule has 0 spiro atoms. The predicted octanol–water partition coefficient (Wildman–Crippen LogP) is 5.40. The van der Waals surface area contributed by atoms with Crippen LogP contribution in [0.2, 0.25) is 0 Å². The van der Waals surface area contributed by atoms with Crippen LogP contribution in [0, 0.1) is 6.92 Å². The first-order valence-corrected chi connectivity index (χ1v) is 15.9. The van der Waals surface area contributed by atoms with Gasteiger partial charge in [-0.15, -0.1) is 11.3 Å². The molecule has 0 fully saturated rings. The molecule has 0 radical (unpaired) electrons. The van der Waals surface area contributed by atoms with Crippen LogP contribution >= 0.6 is 11.3 Å². The number of ether oxygens (including phenoxy) is 6. The predicted molar refractivity (Wildman–Crippen MR) is 173 cm³/mol. The zero-order valence-electron chi connectivity index (χ0n) is 25.7. The number of aromatic nitrogens is 2. The highest BCUT2D eigenvalue weighted by Crippen LogP contribution is 2.37. The van der Waals surface area contributed by atoms with Crippen LogP contribution in [-0.4, -0.2) is 83.1 Å². The lowest BCUT2D eigenvalue weighted by Crippen LogP contribution is -2.20. The maximum Gasteiger partial charge on any atom is 0.162 e. The fourth-order valence-corrected chi connectivity index (χ4v) is 5.97. The van der Waals surface area contributed by atoms with Gasteiger partial charge in [-0.05, 0) is 43.2 Å². The van der Waals surface area contributed by atoms with Gasteiger partial charge in [-0.3, -0.25) is 0 Å². The van der Waals surface area contributed by atoms with E-state index in [0.29, 0.717) is 76.8 Å². The van der Waals surface area contributed by atoms with Crippen molar-refractivity contribution in [2.24, 2.45) is 0 Å². The molecule has 0 aliphatic carbocycles. The number of aryl methyl sites for hydroxylation is 1. The number of thiophene rings is 1. The summed E-state index contributed by atoms with van der Waals surface area (Å²) < 4.78 is 34.3. The molecule has 3 heterocycles. The van der Waals surface area contributed by atoms with Crippen molar-refractivity contribution < 1.29 is 28.4 Å². The third-order valence-corrected chi connectivity index (χ3v) is 8.42. The van der Waals surface area contributed by atoms with E-state index in [1.165, 1.54) is 20.9 Å². The van der Waals surface area contributed by atoms with Gasteiger partial charge in [0.2, 0.25) is 0 Å². The maximum absolute atomic E-state index is 6.07. The van der Waals surface area contributed by atoms with Crippen molar-refractivity contribution in [1.82, 2.24) is 15.3 Å². The van der Waals surface area contributed by atoms with Gasteiger partial charge < -0.3 is 39.1 Å². The minimum Gasteiger partial charge on any atom is -0.493 e. The van der Waals surface area contributed by atoms with Gasteiger partial charge >= 0.3 is 0 Å². The molecule has 2 aromatic heterocycles. The van der Waals surface area contributed by atoms with Crippen molar-refractivity contribution in [3.8, 4) is 21.9 Å². The number of anilines is 1. The summed E-state index contributed by atoms with van der Waals surface area (Å²) in [5.41, 5.74) is 3.27. The Labute approximate surface area is 263 Å². The summed E-state index contributed by atoms with van der Waals surface area (Å²) in [4.78, 5) is 11.9. The first-order chi connectivity index (χ1) is 21.6. The standard InChI is InChI=1S/C33H42N4O6S/c1-23-31-8-9-32(44-31)26-7-5-4-6-25(26)22-34-10-11-39-12-13-40-14-15-41-16-17-42-18-19-43-30-20-27-28(21-29(30)38-3)36-24(2)37-33(27)35-23/h4-9,20-21,23,34H,10-19,22H2,1-3H3,(H,35,36,37)/t23-/m1/s1. The fraction of sp³-hybridized carbons (Fsp3) is 0.455. The summed E-state index contributed by atoms with van der Waals surface area (Å²) in [7, 11) is 1.63. The molecular formula is C33H42N4O6S. The van der Waals surface area contributed by atoms with Crippen molar-refractivity contribution in [3.05, 3.63) is 64.8 Å². The molecule has 11 heteroatoms. The lowest BCUT2D eigenvalue weighted by Gasteiger charge is -2.17. The van der Waals surface area contributed by atoms with Gasteiger partial charge in [-0.1, -0.05) is 24.3 Å². The van der Waals surface area contributed by atoms with E-state index in [1.807, 2.05) is 19.1 Å². The van der Waals surface area contributed by atoms with E-state index in [2.05, 4.69) is 58.9 Å². The number of fused-ring (bicyclic) bond motifs is 5. The summed E-state index contributed by atoms with van der Waals surface area (Å²) in [6.07, 6.45) is 0. The number of nitrogens with one attached hydrogen (secondary N) is 2. The highest BCUT2D eigenvalue weighted by atomic mass is 32.1. The highest BCUT2D eigenvalue weighted by Gasteiger charge is 2.17. The number of rotatable bonds is 1. The second kappa shape index (κ2) is 16.7. The Morgan fingerprint density at radius 2 is 1.55 bits per heavy atom. The van der Waals surface area contributed by atoms with Crippen LogP contribution in [0.1, 0.15) is 29.2 Å². The molecule has 0 saturated carbocycles. The van der Waals surface area contributed by atoms with Crippen LogP contribution in [0.5, 0.6) is 11.5 Å². The van der Waals surface area contributed by atoms with Crippen LogP contribution in [-0.2, 0) is 25.5 Å². The molecule has 1 atom stereocenters. The average molecular weight is 623 g/mol. The van der Waals surface area contributed by atoms with E-state index in [1.54, 1.807) is 18.4 Å². The van der Waals surface area contributed by atoms with Gasteiger partial charge in [0.15, 0.2) is 11.5 Å². The molecular weight excluding hydrogens is 580 g/mol. The second-order valence-electron chi connectivity index (χ2n) is 10.3. The minimum absolute atomic E-state index is 0.0200. The largest absolute Gasteiger partial charge is 0.493 e. The Kier molecular flexibility index (Phi) is 12.2. The molecule has 2 aromatic carbocycles. The smallest absolute Gasteiger partial charge is 0.162 e. The zero-order chi connectivity index (χ0) is 30.6. The zero-order valence-corrected chi connectivity index (χ0v) is 26.5. The number of hydrogen-bond acceptors (Lipinski definition) is 11. The summed E-state index contributed by atoms with van der Waals surface area (Å²) in [5, 5.41) is 8.01. The molecule has 0 unspecified atom stereocenters. The SMILES string of the molecule is COc1cc2nc(C)nc3c2cc1OCCOCCOCCOCCOCCNCc1ccccc1-c1ccc(s1)[C@@H](C)N3. The fourth-order valence-electron chi connectivity index (χ4n) is 4.90. The summed E-state index contributed by atoms with van der Waals surface area (Å²) >= 11 is 1.78. The topological polar surface area (TPSA) is 105 Å². The van der Waals surface area contributed by atoms with Crippen molar-refractivity contribution in [2.45, 2.75) is 26.4 Å². The van der Waals surface area contributed by atoms with Crippen LogP contribution in [0.4, 0.5) is 5.82 Å². The molecule has 2 N–H and O–H groups in total. The lowest BCUT2D eigenvalue weighted by molar-refractivity contribution is -0.00433. The van der Waals surface area contributed by atoms with Crippen molar-refractivity contribution >= 4 is 28.1 Å². The molecule has 1 aliphatic rings. The monoisotopic (exact) mass is 622 g/mol. The summed E-state index contributed by atoms with van der Waals surface area (Å²) in [6.45, 7) is 10.1. The van der Waals surface area contributed by atoms with Crippen molar-refractivity contribution in [2.75, 3.05) is 78.4 Å². The van der Waals surface area contributed by atoms with Gasteiger partial charge in [-0.25, -0.2) is 9.97 Å². The molecule has 0 saturated heterocycles. The normalized spacial score (nSPS) is 18.4. The Bertz CT molecular complexity index is 1480. The van der Waals surface area contributed by atoms with Crippen LogP contribution in [0.15, 0.2) is 48.5 Å². The van der Waals surface area contributed by atoms with E-state index in [-0.39, 0.29) is 6.04 Å². The van der Waals surface area contributed by atoms with Crippen LogP contribution < -0.4 is 20.1 Å². The van der Waals surface area contributed by atoms with Crippen molar-refractivity contribution in [1.29, 1.82) is 0 Å². The number of hydrogen-bond donors (Lipinski definition) is 2. The van der Waals surface area contributed by atoms with Gasteiger partial charge in [0.25, 0.3) is 0 Å². The van der Waals surface area contributed by atoms with Gasteiger partial charge in [-0.2, -0.15) is 0 Å². The minimum atomic E-state index is 0.0200. The van der Waals surface area contributed by atoms with Gasteiger partial charge in [0, 0.05) is 34.3 Å². The molecule has 5 rings (SSSR count). The number of nitrogens with zero attached hydrogens (tertiary/aromatic N) is 2. The summed E-state index contributed by atoms with van der Waals surface area (Å²) in [5.74, 6) is 2.65. The van der Waals surface area contributed by atoms with Crippen molar-refractivity contribution in [3.63, 3.8) is 0 Å². The van der Waals surface area contributed by atoms with E-state index in [9.17, 15) is 0 Å². The van der Waals surface area contributed by atoms with E-state index in [0.717, 1.165) is 29.8 Å². The molecule has 44 heavy (non-hydrogen) atoms. The first-order valence-electron chi connectivity index (χ1n) is 15.1. The van der Waals surface area contributed by atoms with E-state index in [4.69, 9.17) is 33.4 Å². The van der Waals surface area contributed by atoms with Crippen LogP contribution in [0.25, 0.3) is 21.3 Å². The molecule has 236 valence electrons. The van der Waals surface area contributed by atoms with Crippen LogP contribution in [0.3, 0.4) is 0 Å². The molecule has 10 nitrogen and oxygen atoms in total. The highest BCUT2D eigenvalue weighted by molar-refractivity contribution is 7.15. The number of benzene rings is 2. The second-order valence-corrected chi connectivity index (χ2v) is 11.5. The van der Waals surface area contributed by atoms with Gasteiger partial charge in [0.1, 0.15) is 18.2 Å². The Balaban J connectivity index is 1.36. The van der Waals surface area contributed by atoms with Gasteiger partial charge in [0.05, 0.1) is 71.5 Å². The Hall–Kier alpha value is -3.32. The Morgan fingerprint density at radius 3 is 2.30 bits per heavy atom. The quantitative estimate of drug-likeness (QED) is 0.287. The molecule has 4 aromatic rings. The summed E-state index contributed by atoms with van der Waals surface area (Å²) in [6, 6.07) is 16.8. The molecule has 1 aliphatic heterocycles. The number of methoxy groups -OCH3 is 1. The molecule has 4 bridgehead atoms. The third-order valence-electron chi connectivity index (χ3n) is 7.12. The van der Waals surface area contributed by atoms with E-state index < -0.39 is 0 Å². The van der Waals surface area contributed by atoms with E-state index >= 15 is 0 Å².